The second kappa shape index (κ2) is 10.8. The number of hydrogen-bond acceptors (Lipinski definition) is 7. The quantitative estimate of drug-likeness (QED) is 0.322. The minimum atomic E-state index is -3.42. The molecule has 2 aromatic rings. The van der Waals surface area contributed by atoms with Gasteiger partial charge in [-0.1, -0.05) is 18.2 Å². The molecule has 0 saturated carbocycles. The average molecular weight is 466 g/mol. The molecule has 0 spiro atoms. The summed E-state index contributed by atoms with van der Waals surface area (Å²) in [6.07, 6.45) is 2.03. The first kappa shape index (κ1) is 25.0. The summed E-state index contributed by atoms with van der Waals surface area (Å²) < 4.78 is 36.5. The van der Waals surface area contributed by atoms with Crippen LogP contribution in [0, 0.1) is 0 Å². The van der Waals surface area contributed by atoms with Gasteiger partial charge >= 0.3 is 0 Å². The lowest BCUT2D eigenvalue weighted by molar-refractivity contribution is -0.118. The second-order valence-electron chi connectivity index (χ2n) is 6.80. The predicted molar refractivity (Wildman–Crippen MR) is 114 cm³/mol. The Morgan fingerprint density at radius 2 is 1.84 bits per heavy atom. The van der Waals surface area contributed by atoms with Crippen LogP contribution in [-0.4, -0.2) is 56.5 Å². The van der Waals surface area contributed by atoms with Crippen LogP contribution in [0.2, 0.25) is 0 Å². The molecule has 11 heteroatoms. The molecule has 0 aliphatic heterocycles. The van der Waals surface area contributed by atoms with Crippen LogP contribution in [0.25, 0.3) is 6.08 Å². The van der Waals surface area contributed by atoms with Gasteiger partial charge in [-0.15, -0.1) is 0 Å². The third kappa shape index (κ3) is 6.61. The maximum atomic E-state index is 13.4. The van der Waals surface area contributed by atoms with Gasteiger partial charge in [0.2, 0.25) is 5.91 Å². The predicted octanol–water partition coefficient (Wildman–Crippen LogP) is 1.29. The number of aliphatic hydroxyl groups is 1. The molecule has 0 aliphatic carbocycles. The maximum Gasteiger partial charge on any atom is 0.278 e. The van der Waals surface area contributed by atoms with Crippen LogP contribution in [-0.2, 0) is 19.5 Å². The molecule has 0 aromatic heterocycles. The molecular formula is C21H23FN2O7S. The van der Waals surface area contributed by atoms with Crippen molar-refractivity contribution in [2.75, 3.05) is 20.0 Å². The first-order chi connectivity index (χ1) is 15.1. The number of amides is 2. The zero-order valence-electron chi connectivity index (χ0n) is 17.3. The van der Waals surface area contributed by atoms with E-state index in [-0.39, 0.29) is 21.8 Å². The van der Waals surface area contributed by atoms with Crippen LogP contribution in [0.5, 0.6) is 5.75 Å². The summed E-state index contributed by atoms with van der Waals surface area (Å²) in [5.74, 6) is -1.69. The van der Waals surface area contributed by atoms with Crippen molar-refractivity contribution in [2.45, 2.75) is 17.0 Å². The molecule has 0 fully saturated rings. The summed E-state index contributed by atoms with van der Waals surface area (Å²) in [5, 5.41) is 22.6. The Kier molecular flexibility index (Phi) is 8.47. The Labute approximate surface area is 184 Å². The van der Waals surface area contributed by atoms with Gasteiger partial charge in [0.05, 0.1) is 23.6 Å². The number of halogens is 1. The molecule has 0 aliphatic rings. The molecule has 2 rings (SSSR count). The summed E-state index contributed by atoms with van der Waals surface area (Å²) in [6, 6.07) is 8.03. The lowest BCUT2D eigenvalue weighted by Gasteiger charge is -2.21. The van der Waals surface area contributed by atoms with Gasteiger partial charge in [0, 0.05) is 12.3 Å². The van der Waals surface area contributed by atoms with Gasteiger partial charge in [-0.2, -0.15) is 0 Å². The number of benzene rings is 2. The van der Waals surface area contributed by atoms with E-state index in [1.165, 1.54) is 55.7 Å². The SMILES string of the molecule is CONC(=O)c1ccc(C=CC(=O)N[C@H](CF)[C@@H](O)c2ccc(S(C)(=O)=O)cc2)cc1O. The first-order valence-corrected chi connectivity index (χ1v) is 11.1. The third-order valence-corrected chi connectivity index (χ3v) is 5.54. The minimum Gasteiger partial charge on any atom is -0.507 e. The fourth-order valence-corrected chi connectivity index (χ4v) is 3.37. The van der Waals surface area contributed by atoms with Gasteiger partial charge in [0.25, 0.3) is 5.91 Å². The first-order valence-electron chi connectivity index (χ1n) is 9.25. The number of alkyl halides is 1. The summed E-state index contributed by atoms with van der Waals surface area (Å²) in [4.78, 5) is 28.4. The number of sulfone groups is 1. The van der Waals surface area contributed by atoms with Gasteiger partial charge in [-0.25, -0.2) is 18.3 Å². The van der Waals surface area contributed by atoms with E-state index < -0.39 is 40.5 Å². The van der Waals surface area contributed by atoms with E-state index in [1.54, 1.807) is 0 Å². The van der Waals surface area contributed by atoms with Gasteiger partial charge < -0.3 is 15.5 Å². The van der Waals surface area contributed by atoms with Crippen molar-refractivity contribution >= 4 is 27.7 Å². The molecule has 2 atom stereocenters. The normalized spacial score (nSPS) is 13.5. The number of aromatic hydroxyl groups is 1. The van der Waals surface area contributed by atoms with E-state index >= 15 is 0 Å². The molecular weight excluding hydrogens is 443 g/mol. The number of nitrogens with one attached hydrogen (secondary N) is 2. The molecule has 0 bridgehead atoms. The topological polar surface area (TPSA) is 142 Å². The van der Waals surface area contributed by atoms with Crippen molar-refractivity contribution in [3.63, 3.8) is 0 Å². The lowest BCUT2D eigenvalue weighted by Crippen LogP contribution is -2.40. The Hall–Kier alpha value is -3.28. The molecule has 0 saturated heterocycles. The number of rotatable bonds is 9. The van der Waals surface area contributed by atoms with Gasteiger partial charge in [0.1, 0.15) is 18.5 Å². The van der Waals surface area contributed by atoms with Crippen LogP contribution < -0.4 is 10.8 Å². The minimum absolute atomic E-state index is 0.0315. The van der Waals surface area contributed by atoms with E-state index in [4.69, 9.17) is 0 Å². The molecule has 172 valence electrons. The average Bonchev–Trinajstić information content (AvgIpc) is 2.75. The smallest absolute Gasteiger partial charge is 0.278 e. The van der Waals surface area contributed by atoms with E-state index in [1.807, 2.05) is 0 Å². The van der Waals surface area contributed by atoms with Crippen LogP contribution >= 0.6 is 0 Å². The van der Waals surface area contributed by atoms with Crippen LogP contribution in [0.4, 0.5) is 4.39 Å². The van der Waals surface area contributed by atoms with Crippen molar-refractivity contribution in [3.05, 3.63) is 65.2 Å². The Balaban J connectivity index is 2.06. The Morgan fingerprint density at radius 1 is 1.19 bits per heavy atom. The van der Waals surface area contributed by atoms with Gasteiger partial charge in [-0.05, 0) is 41.5 Å². The van der Waals surface area contributed by atoms with Crippen molar-refractivity contribution < 1.29 is 37.4 Å². The summed E-state index contributed by atoms with van der Waals surface area (Å²) in [7, 11) is -2.17. The highest BCUT2D eigenvalue weighted by atomic mass is 32.2. The number of aliphatic hydroxyl groups excluding tert-OH is 1. The van der Waals surface area contributed by atoms with Crippen molar-refractivity contribution in [3.8, 4) is 5.75 Å². The molecule has 32 heavy (non-hydrogen) atoms. The molecule has 2 aromatic carbocycles. The maximum absolute atomic E-state index is 13.4. The van der Waals surface area contributed by atoms with Crippen molar-refractivity contribution in [1.82, 2.24) is 10.8 Å². The molecule has 0 heterocycles. The summed E-state index contributed by atoms with van der Waals surface area (Å²) in [5.41, 5.74) is 2.66. The van der Waals surface area contributed by atoms with E-state index in [0.29, 0.717) is 5.56 Å². The van der Waals surface area contributed by atoms with Gasteiger partial charge in [0.15, 0.2) is 9.84 Å². The number of hydrogen-bond donors (Lipinski definition) is 4. The number of carbonyl (C=O) groups excluding carboxylic acids is 2. The fraction of sp³-hybridized carbons (Fsp3) is 0.238. The van der Waals surface area contributed by atoms with Crippen LogP contribution in [0.15, 0.2) is 53.4 Å². The highest BCUT2D eigenvalue weighted by molar-refractivity contribution is 7.90. The van der Waals surface area contributed by atoms with E-state index in [0.717, 1.165) is 12.3 Å². The summed E-state index contributed by atoms with van der Waals surface area (Å²) in [6.45, 7) is -1.07. The largest absolute Gasteiger partial charge is 0.507 e. The fourth-order valence-electron chi connectivity index (χ4n) is 2.74. The molecule has 2 amide bonds. The standard InChI is InChI=1S/C21H23FN2O7S/c1-31-24-21(28)16-9-3-13(11-18(16)25)4-10-19(26)23-17(12-22)20(27)14-5-7-15(8-6-14)32(2,29)30/h3-11,17,20,25,27H,12H2,1-2H3,(H,23,26)(H,24,28)/t17-,20+/m1/s1. The van der Waals surface area contributed by atoms with E-state index in [2.05, 4.69) is 15.6 Å². The zero-order valence-corrected chi connectivity index (χ0v) is 18.1. The van der Waals surface area contributed by atoms with Crippen LogP contribution in [0.3, 0.4) is 0 Å². The van der Waals surface area contributed by atoms with Crippen molar-refractivity contribution in [1.29, 1.82) is 0 Å². The third-order valence-electron chi connectivity index (χ3n) is 4.41. The monoisotopic (exact) mass is 466 g/mol. The van der Waals surface area contributed by atoms with Crippen molar-refractivity contribution in [2.24, 2.45) is 0 Å². The van der Waals surface area contributed by atoms with Crippen LogP contribution in [0.1, 0.15) is 27.6 Å². The molecule has 4 N–H and O–H groups in total. The lowest BCUT2D eigenvalue weighted by atomic mass is 10.0. The number of hydroxylamine groups is 1. The second-order valence-corrected chi connectivity index (χ2v) is 8.82. The van der Waals surface area contributed by atoms with Gasteiger partial charge in [-0.3, -0.25) is 14.4 Å². The highest BCUT2D eigenvalue weighted by Gasteiger charge is 2.22. The molecule has 0 unspecified atom stereocenters. The summed E-state index contributed by atoms with van der Waals surface area (Å²) >= 11 is 0. The molecule has 0 radical (unpaired) electrons. The number of phenols is 1. The Morgan fingerprint density at radius 3 is 2.38 bits per heavy atom. The highest BCUT2D eigenvalue weighted by Crippen LogP contribution is 2.21. The van der Waals surface area contributed by atoms with E-state index in [9.17, 15) is 32.6 Å². The Bertz CT molecular complexity index is 1100. The number of carbonyl (C=O) groups is 2. The number of phenolic OH excluding ortho intramolecular Hbond substituents is 1. The molecule has 9 nitrogen and oxygen atoms in total. The zero-order chi connectivity index (χ0) is 23.9.